The van der Waals surface area contributed by atoms with Crippen LogP contribution in [0.4, 0.5) is 0 Å². The van der Waals surface area contributed by atoms with Gasteiger partial charge < -0.3 is 0 Å². The minimum atomic E-state index is -3.25. The number of halogens is 1. The lowest BCUT2D eigenvalue weighted by molar-refractivity contribution is 0.212. The van der Waals surface area contributed by atoms with Crippen molar-refractivity contribution in [2.75, 3.05) is 5.21 Å². The SMILES string of the molecule is CC1(C)CCCC(NS(=O)(=O)CCl)C1. The first-order valence-electron chi connectivity index (χ1n) is 4.91. The average molecular weight is 240 g/mol. The number of sulfonamides is 1. The first kappa shape index (κ1) is 12.3. The van der Waals surface area contributed by atoms with Crippen LogP contribution in [0.5, 0.6) is 0 Å². The fraction of sp³-hybridized carbons (Fsp3) is 1.00. The summed E-state index contributed by atoms with van der Waals surface area (Å²) in [5, 5.41) is -0.343. The van der Waals surface area contributed by atoms with Gasteiger partial charge in [0, 0.05) is 6.04 Å². The van der Waals surface area contributed by atoms with Gasteiger partial charge in [-0.15, -0.1) is 11.6 Å². The molecular formula is C9H18ClNO2S. The summed E-state index contributed by atoms with van der Waals surface area (Å²) in [6.45, 7) is 4.35. The Hall–Kier alpha value is 0.200. The molecule has 84 valence electrons. The molecule has 0 radical (unpaired) electrons. The van der Waals surface area contributed by atoms with Gasteiger partial charge in [-0.2, -0.15) is 0 Å². The Labute approximate surface area is 91.3 Å². The van der Waals surface area contributed by atoms with Crippen LogP contribution in [-0.4, -0.2) is 19.7 Å². The molecule has 1 aliphatic rings. The molecule has 0 bridgehead atoms. The molecule has 0 amide bonds. The van der Waals surface area contributed by atoms with Gasteiger partial charge in [0.05, 0.1) is 0 Å². The normalized spacial score (nSPS) is 27.5. The predicted molar refractivity (Wildman–Crippen MR) is 58.8 cm³/mol. The van der Waals surface area contributed by atoms with Crippen molar-refractivity contribution in [3.8, 4) is 0 Å². The first-order valence-corrected chi connectivity index (χ1v) is 7.09. The Morgan fingerprint density at radius 1 is 1.50 bits per heavy atom. The lowest BCUT2D eigenvalue weighted by atomic mass is 9.75. The highest BCUT2D eigenvalue weighted by molar-refractivity contribution is 7.90. The van der Waals surface area contributed by atoms with Crippen LogP contribution in [0.2, 0.25) is 0 Å². The second-order valence-electron chi connectivity index (χ2n) is 4.80. The standard InChI is InChI=1S/C9H18ClNO2S/c1-9(2)5-3-4-8(6-9)11-14(12,13)7-10/h8,11H,3-7H2,1-2H3. The molecule has 0 saturated heterocycles. The van der Waals surface area contributed by atoms with Crippen LogP contribution in [0.25, 0.3) is 0 Å². The molecule has 0 aromatic rings. The monoisotopic (exact) mass is 239 g/mol. The summed E-state index contributed by atoms with van der Waals surface area (Å²) < 4.78 is 25.1. The lowest BCUT2D eigenvalue weighted by Gasteiger charge is -2.35. The molecule has 3 nitrogen and oxygen atoms in total. The van der Waals surface area contributed by atoms with E-state index in [9.17, 15) is 8.42 Å². The maximum absolute atomic E-state index is 11.2. The quantitative estimate of drug-likeness (QED) is 0.767. The van der Waals surface area contributed by atoms with Crippen molar-refractivity contribution in [2.45, 2.75) is 45.6 Å². The number of nitrogens with one attached hydrogen (secondary N) is 1. The zero-order chi connectivity index (χ0) is 10.8. The molecule has 1 aliphatic carbocycles. The van der Waals surface area contributed by atoms with Gasteiger partial charge in [-0.1, -0.05) is 20.3 Å². The Morgan fingerprint density at radius 3 is 2.64 bits per heavy atom. The first-order chi connectivity index (χ1) is 6.35. The number of hydrogen-bond donors (Lipinski definition) is 1. The Morgan fingerprint density at radius 2 is 2.14 bits per heavy atom. The molecule has 1 unspecified atom stereocenters. The smallest absolute Gasteiger partial charge is 0.211 e. The maximum atomic E-state index is 11.2. The third-order valence-corrected chi connectivity index (χ3v) is 4.54. The molecule has 0 aromatic heterocycles. The Bertz CT molecular complexity index is 287. The third-order valence-electron chi connectivity index (χ3n) is 2.69. The number of rotatable bonds is 3. The zero-order valence-electron chi connectivity index (χ0n) is 8.72. The van der Waals surface area contributed by atoms with Gasteiger partial charge in [0.1, 0.15) is 5.21 Å². The summed E-state index contributed by atoms with van der Waals surface area (Å²) in [6.07, 6.45) is 4.09. The molecule has 14 heavy (non-hydrogen) atoms. The van der Waals surface area contributed by atoms with E-state index in [2.05, 4.69) is 18.6 Å². The van der Waals surface area contributed by atoms with Crippen LogP contribution in [0.15, 0.2) is 0 Å². The molecule has 0 aromatic carbocycles. The Balaban J connectivity index is 2.54. The second-order valence-corrected chi connectivity index (χ2v) is 7.14. The topological polar surface area (TPSA) is 46.2 Å². The van der Waals surface area contributed by atoms with Gasteiger partial charge in [0.25, 0.3) is 0 Å². The van der Waals surface area contributed by atoms with E-state index in [1.807, 2.05) is 0 Å². The van der Waals surface area contributed by atoms with Crippen molar-refractivity contribution in [1.82, 2.24) is 4.72 Å². The summed E-state index contributed by atoms with van der Waals surface area (Å²) in [4.78, 5) is 0. The number of hydrogen-bond acceptors (Lipinski definition) is 2. The molecule has 0 spiro atoms. The molecule has 0 heterocycles. The van der Waals surface area contributed by atoms with Crippen molar-refractivity contribution >= 4 is 21.6 Å². The van der Waals surface area contributed by atoms with E-state index in [0.29, 0.717) is 0 Å². The summed E-state index contributed by atoms with van der Waals surface area (Å²) in [6, 6.07) is 0.0718. The zero-order valence-corrected chi connectivity index (χ0v) is 10.3. The van der Waals surface area contributed by atoms with E-state index >= 15 is 0 Å². The van der Waals surface area contributed by atoms with Gasteiger partial charge in [-0.05, 0) is 24.7 Å². The third kappa shape index (κ3) is 3.75. The lowest BCUT2D eigenvalue weighted by Crippen LogP contribution is -2.40. The molecule has 0 aliphatic heterocycles. The van der Waals surface area contributed by atoms with Crippen LogP contribution in [0.1, 0.15) is 39.5 Å². The van der Waals surface area contributed by atoms with Crippen molar-refractivity contribution in [3.63, 3.8) is 0 Å². The molecule has 5 heteroatoms. The molecular weight excluding hydrogens is 222 g/mol. The maximum Gasteiger partial charge on any atom is 0.225 e. The van der Waals surface area contributed by atoms with Crippen molar-refractivity contribution < 1.29 is 8.42 Å². The van der Waals surface area contributed by atoms with Crippen molar-refractivity contribution in [3.05, 3.63) is 0 Å². The summed E-state index contributed by atoms with van der Waals surface area (Å²) >= 11 is 5.33. The molecule has 1 atom stereocenters. The predicted octanol–water partition coefficient (Wildman–Crippen LogP) is 2.07. The van der Waals surface area contributed by atoms with Crippen molar-refractivity contribution in [2.24, 2.45) is 5.41 Å². The van der Waals surface area contributed by atoms with E-state index in [-0.39, 0.29) is 16.7 Å². The van der Waals surface area contributed by atoms with Crippen LogP contribution < -0.4 is 4.72 Å². The highest BCUT2D eigenvalue weighted by Crippen LogP contribution is 2.35. The summed E-state index contributed by atoms with van der Waals surface area (Å²) in [7, 11) is -3.25. The van der Waals surface area contributed by atoms with Gasteiger partial charge in [-0.3, -0.25) is 0 Å². The Kier molecular flexibility index (Phi) is 3.83. The highest BCUT2D eigenvalue weighted by Gasteiger charge is 2.29. The summed E-state index contributed by atoms with van der Waals surface area (Å²) in [5.41, 5.74) is 0.248. The van der Waals surface area contributed by atoms with Crippen LogP contribution in [0.3, 0.4) is 0 Å². The molecule has 1 N–H and O–H groups in total. The van der Waals surface area contributed by atoms with E-state index in [0.717, 1.165) is 19.3 Å². The van der Waals surface area contributed by atoms with Gasteiger partial charge in [0.15, 0.2) is 0 Å². The van der Waals surface area contributed by atoms with E-state index < -0.39 is 10.0 Å². The van der Waals surface area contributed by atoms with Crippen LogP contribution in [-0.2, 0) is 10.0 Å². The fourth-order valence-electron chi connectivity index (χ4n) is 2.08. The molecule has 1 fully saturated rings. The van der Waals surface area contributed by atoms with Gasteiger partial charge in [0.2, 0.25) is 10.0 Å². The van der Waals surface area contributed by atoms with Crippen LogP contribution in [0, 0.1) is 5.41 Å². The van der Waals surface area contributed by atoms with Crippen LogP contribution >= 0.6 is 11.6 Å². The fourth-order valence-corrected chi connectivity index (χ4v) is 3.05. The number of alkyl halides is 1. The van der Waals surface area contributed by atoms with Gasteiger partial charge >= 0.3 is 0 Å². The van der Waals surface area contributed by atoms with E-state index in [1.165, 1.54) is 6.42 Å². The molecule has 1 rings (SSSR count). The summed E-state index contributed by atoms with van der Waals surface area (Å²) in [5.74, 6) is 0. The molecule has 1 saturated carbocycles. The largest absolute Gasteiger partial charge is 0.225 e. The minimum Gasteiger partial charge on any atom is -0.211 e. The average Bonchev–Trinajstić information content (AvgIpc) is 2.01. The van der Waals surface area contributed by atoms with E-state index in [4.69, 9.17) is 11.6 Å². The minimum absolute atomic E-state index is 0.0718. The van der Waals surface area contributed by atoms with Gasteiger partial charge in [-0.25, -0.2) is 13.1 Å². The highest BCUT2D eigenvalue weighted by atomic mass is 35.5. The second kappa shape index (κ2) is 4.37. The van der Waals surface area contributed by atoms with E-state index in [1.54, 1.807) is 0 Å². The van der Waals surface area contributed by atoms with Crippen molar-refractivity contribution in [1.29, 1.82) is 0 Å².